The van der Waals surface area contributed by atoms with Crippen LogP contribution in [0.1, 0.15) is 13.3 Å². The van der Waals surface area contributed by atoms with Gasteiger partial charge in [-0.05, 0) is 13.3 Å². The standard InChI is InChI=1S/C8H16N2O2/c1-3-12-6-4-5-10-8(11)7(2)9/h3,7H,1,4-6,9H2,2H3,(H,10,11)/t7-/m1/s1. The summed E-state index contributed by atoms with van der Waals surface area (Å²) in [7, 11) is 0. The zero-order chi connectivity index (χ0) is 9.40. The van der Waals surface area contributed by atoms with Crippen LogP contribution in [0.5, 0.6) is 0 Å². The van der Waals surface area contributed by atoms with E-state index in [0.717, 1.165) is 6.42 Å². The first-order chi connectivity index (χ1) is 5.68. The van der Waals surface area contributed by atoms with Crippen molar-refractivity contribution in [1.29, 1.82) is 0 Å². The summed E-state index contributed by atoms with van der Waals surface area (Å²) in [5.74, 6) is -0.131. The van der Waals surface area contributed by atoms with Crippen LogP contribution >= 0.6 is 0 Å². The summed E-state index contributed by atoms with van der Waals surface area (Å²) in [5, 5.41) is 2.66. The lowest BCUT2D eigenvalue weighted by Crippen LogP contribution is -2.38. The molecule has 3 N–H and O–H groups in total. The summed E-state index contributed by atoms with van der Waals surface area (Å²) in [4.78, 5) is 10.9. The highest BCUT2D eigenvalue weighted by atomic mass is 16.5. The van der Waals surface area contributed by atoms with Gasteiger partial charge in [0.15, 0.2) is 0 Å². The van der Waals surface area contributed by atoms with E-state index in [1.165, 1.54) is 6.26 Å². The number of nitrogens with one attached hydrogen (secondary N) is 1. The molecule has 70 valence electrons. The molecule has 1 amide bonds. The quantitative estimate of drug-likeness (QED) is 0.438. The predicted octanol–water partition coefficient (Wildman–Crippen LogP) is 0.000000000000000111. The minimum atomic E-state index is -0.440. The molecular formula is C8H16N2O2. The first-order valence-electron chi connectivity index (χ1n) is 3.94. The molecule has 0 unspecified atom stereocenters. The topological polar surface area (TPSA) is 64.3 Å². The molecule has 0 heterocycles. The van der Waals surface area contributed by atoms with Gasteiger partial charge < -0.3 is 15.8 Å². The Morgan fingerprint density at radius 2 is 2.50 bits per heavy atom. The number of carbonyl (C=O) groups excluding carboxylic acids is 1. The highest BCUT2D eigenvalue weighted by Crippen LogP contribution is 1.81. The predicted molar refractivity (Wildman–Crippen MR) is 47.4 cm³/mol. The summed E-state index contributed by atoms with van der Waals surface area (Å²) in [5.41, 5.74) is 5.32. The molecule has 0 rings (SSSR count). The molecule has 4 nitrogen and oxygen atoms in total. The monoisotopic (exact) mass is 172 g/mol. The fourth-order valence-electron chi connectivity index (χ4n) is 0.611. The van der Waals surface area contributed by atoms with Crippen molar-refractivity contribution in [3.8, 4) is 0 Å². The zero-order valence-electron chi connectivity index (χ0n) is 7.38. The van der Waals surface area contributed by atoms with Crippen molar-refractivity contribution >= 4 is 5.91 Å². The highest BCUT2D eigenvalue weighted by Gasteiger charge is 2.04. The van der Waals surface area contributed by atoms with E-state index < -0.39 is 6.04 Å². The van der Waals surface area contributed by atoms with E-state index in [9.17, 15) is 4.79 Å². The second-order valence-electron chi connectivity index (χ2n) is 2.47. The van der Waals surface area contributed by atoms with Gasteiger partial charge in [-0.2, -0.15) is 0 Å². The normalized spacial score (nSPS) is 11.8. The Bertz CT molecular complexity index is 146. The molecule has 0 saturated heterocycles. The molecule has 1 atom stereocenters. The summed E-state index contributed by atoms with van der Waals surface area (Å²) in [6, 6.07) is -0.440. The van der Waals surface area contributed by atoms with Crippen LogP contribution in [-0.2, 0) is 9.53 Å². The lowest BCUT2D eigenvalue weighted by atomic mass is 10.3. The summed E-state index contributed by atoms with van der Waals surface area (Å²) in [6.07, 6.45) is 2.15. The maximum atomic E-state index is 10.9. The van der Waals surface area contributed by atoms with Gasteiger partial charge in [-0.1, -0.05) is 6.58 Å². The van der Waals surface area contributed by atoms with E-state index in [2.05, 4.69) is 11.9 Å². The SMILES string of the molecule is C=COCCCNC(=O)[C@@H](C)N. The molecular weight excluding hydrogens is 156 g/mol. The Morgan fingerprint density at radius 3 is 3.00 bits per heavy atom. The number of nitrogens with two attached hydrogens (primary N) is 1. The van der Waals surface area contributed by atoms with Gasteiger partial charge in [-0.25, -0.2) is 0 Å². The van der Waals surface area contributed by atoms with Gasteiger partial charge in [0.25, 0.3) is 0 Å². The van der Waals surface area contributed by atoms with Gasteiger partial charge in [0.05, 0.1) is 18.9 Å². The summed E-state index contributed by atoms with van der Waals surface area (Å²) < 4.78 is 4.86. The van der Waals surface area contributed by atoms with Gasteiger partial charge in [-0.3, -0.25) is 4.79 Å². The van der Waals surface area contributed by atoms with Crippen LogP contribution in [0.2, 0.25) is 0 Å². The van der Waals surface area contributed by atoms with Gasteiger partial charge in [0.1, 0.15) is 0 Å². The van der Waals surface area contributed by atoms with Crippen molar-refractivity contribution < 1.29 is 9.53 Å². The van der Waals surface area contributed by atoms with Gasteiger partial charge >= 0.3 is 0 Å². The van der Waals surface area contributed by atoms with Crippen LogP contribution in [-0.4, -0.2) is 25.1 Å². The van der Waals surface area contributed by atoms with E-state index in [0.29, 0.717) is 13.2 Å². The molecule has 0 aliphatic rings. The molecule has 0 aromatic rings. The third-order valence-corrected chi connectivity index (χ3v) is 1.27. The Balaban J connectivity index is 3.19. The first kappa shape index (κ1) is 11.0. The van der Waals surface area contributed by atoms with Gasteiger partial charge in [0, 0.05) is 6.54 Å². The molecule has 0 fully saturated rings. The fraction of sp³-hybridized carbons (Fsp3) is 0.625. The van der Waals surface area contributed by atoms with Crippen LogP contribution in [0.3, 0.4) is 0 Å². The van der Waals surface area contributed by atoms with Crippen molar-refractivity contribution in [2.75, 3.05) is 13.2 Å². The average molecular weight is 172 g/mol. The number of carbonyl (C=O) groups is 1. The maximum Gasteiger partial charge on any atom is 0.236 e. The number of rotatable bonds is 6. The molecule has 4 heteroatoms. The third-order valence-electron chi connectivity index (χ3n) is 1.27. The maximum absolute atomic E-state index is 10.9. The number of hydrogen-bond donors (Lipinski definition) is 2. The van der Waals surface area contributed by atoms with Crippen molar-refractivity contribution in [1.82, 2.24) is 5.32 Å². The second-order valence-corrected chi connectivity index (χ2v) is 2.47. The van der Waals surface area contributed by atoms with Crippen molar-refractivity contribution in [3.63, 3.8) is 0 Å². The van der Waals surface area contributed by atoms with Crippen LogP contribution in [0.25, 0.3) is 0 Å². The molecule has 0 bridgehead atoms. The minimum absolute atomic E-state index is 0.131. The van der Waals surface area contributed by atoms with Crippen LogP contribution in [0.4, 0.5) is 0 Å². The van der Waals surface area contributed by atoms with E-state index in [4.69, 9.17) is 10.5 Å². The Kier molecular flexibility index (Phi) is 6.09. The van der Waals surface area contributed by atoms with Crippen molar-refractivity contribution in [2.45, 2.75) is 19.4 Å². The number of ether oxygens (including phenoxy) is 1. The molecule has 0 spiro atoms. The molecule has 0 aromatic heterocycles. The minimum Gasteiger partial charge on any atom is -0.502 e. The van der Waals surface area contributed by atoms with Crippen molar-refractivity contribution in [3.05, 3.63) is 12.8 Å². The molecule has 0 saturated carbocycles. The molecule has 0 aliphatic carbocycles. The Labute approximate surface area is 72.8 Å². The smallest absolute Gasteiger partial charge is 0.236 e. The van der Waals surface area contributed by atoms with E-state index in [1.807, 2.05) is 0 Å². The number of hydrogen-bond acceptors (Lipinski definition) is 3. The second kappa shape index (κ2) is 6.67. The summed E-state index contributed by atoms with van der Waals surface area (Å²) >= 11 is 0. The van der Waals surface area contributed by atoms with Gasteiger partial charge in [0.2, 0.25) is 5.91 Å². The van der Waals surface area contributed by atoms with E-state index in [1.54, 1.807) is 6.92 Å². The Morgan fingerprint density at radius 1 is 1.83 bits per heavy atom. The third kappa shape index (κ3) is 5.73. The molecule has 0 aromatic carbocycles. The molecule has 0 radical (unpaired) electrons. The average Bonchev–Trinajstić information content (AvgIpc) is 2.03. The van der Waals surface area contributed by atoms with Gasteiger partial charge in [-0.15, -0.1) is 0 Å². The first-order valence-corrected chi connectivity index (χ1v) is 3.94. The van der Waals surface area contributed by atoms with Crippen LogP contribution in [0.15, 0.2) is 12.8 Å². The Hall–Kier alpha value is -1.03. The van der Waals surface area contributed by atoms with Crippen LogP contribution in [0, 0.1) is 0 Å². The van der Waals surface area contributed by atoms with Crippen molar-refractivity contribution in [2.24, 2.45) is 5.73 Å². The lowest BCUT2D eigenvalue weighted by molar-refractivity contribution is -0.121. The highest BCUT2D eigenvalue weighted by molar-refractivity contribution is 5.80. The number of amides is 1. The van der Waals surface area contributed by atoms with E-state index >= 15 is 0 Å². The fourth-order valence-corrected chi connectivity index (χ4v) is 0.611. The molecule has 0 aliphatic heterocycles. The largest absolute Gasteiger partial charge is 0.502 e. The molecule has 12 heavy (non-hydrogen) atoms. The lowest BCUT2D eigenvalue weighted by Gasteiger charge is -2.06. The van der Waals surface area contributed by atoms with E-state index in [-0.39, 0.29) is 5.91 Å². The summed E-state index contributed by atoms with van der Waals surface area (Å²) in [6.45, 7) is 6.20. The zero-order valence-corrected chi connectivity index (χ0v) is 7.38. The van der Waals surface area contributed by atoms with Crippen LogP contribution < -0.4 is 11.1 Å².